The fourth-order valence-electron chi connectivity index (χ4n) is 6.84. The van der Waals surface area contributed by atoms with Crippen LogP contribution in [0.2, 0.25) is 0 Å². The summed E-state index contributed by atoms with van der Waals surface area (Å²) in [5, 5.41) is 21.3. The van der Waals surface area contributed by atoms with E-state index in [1.807, 2.05) is 77.4 Å². The number of hydrogen-bond acceptors (Lipinski definition) is 7. The number of nitrogens with one attached hydrogen (secondary N) is 2. The number of aromatic nitrogens is 2. The van der Waals surface area contributed by atoms with E-state index in [0.717, 1.165) is 60.2 Å². The van der Waals surface area contributed by atoms with Crippen molar-refractivity contribution in [3.63, 3.8) is 0 Å². The summed E-state index contributed by atoms with van der Waals surface area (Å²) in [6.07, 6.45) is 3.69. The standard InChI is InChI=1S/C37H44N4O7/c42-24-25-13-15-26(16-14-25)33-22-30(23-40-19-17-29(18-20-40)41-32-10-5-4-9-31(32)39-37(41)46)47-36(48-33)27-7-6-8-28(21-27)38-34(43)11-2-1-3-12-35(44)45/h4-10,13-16,21,29-30,33,36,42H,1-3,11-12,17-20,22-24H2,(H,38,43)(H,39,46)(H,44,45). The molecule has 0 saturated carbocycles. The highest BCUT2D eigenvalue weighted by Gasteiger charge is 2.34. The minimum Gasteiger partial charge on any atom is -0.481 e. The number of carboxylic acid groups (broad SMARTS) is 1. The first-order valence-electron chi connectivity index (χ1n) is 16.9. The number of nitrogens with zero attached hydrogens (tertiary/aromatic N) is 2. The second kappa shape index (κ2) is 15.7. The van der Waals surface area contributed by atoms with Crippen molar-refractivity contribution in [2.45, 2.75) is 82.5 Å². The first-order chi connectivity index (χ1) is 23.4. The van der Waals surface area contributed by atoms with Gasteiger partial charge in [-0.1, -0.05) is 55.0 Å². The maximum atomic E-state index is 12.8. The van der Waals surface area contributed by atoms with Gasteiger partial charge in [-0.3, -0.25) is 14.2 Å². The summed E-state index contributed by atoms with van der Waals surface area (Å²) in [5.41, 5.74) is 5.04. The number of carbonyl (C=O) groups excluding carboxylic acids is 1. The molecule has 3 heterocycles. The van der Waals surface area contributed by atoms with Gasteiger partial charge >= 0.3 is 11.7 Å². The van der Waals surface area contributed by atoms with Gasteiger partial charge in [0.25, 0.3) is 0 Å². The topological polar surface area (TPSA) is 146 Å². The molecule has 1 aromatic heterocycles. The predicted molar refractivity (Wildman–Crippen MR) is 181 cm³/mol. The van der Waals surface area contributed by atoms with Gasteiger partial charge in [0.2, 0.25) is 5.91 Å². The van der Waals surface area contributed by atoms with Crippen molar-refractivity contribution in [1.29, 1.82) is 0 Å². The smallest absolute Gasteiger partial charge is 0.326 e. The molecule has 3 unspecified atom stereocenters. The Labute approximate surface area is 279 Å². The summed E-state index contributed by atoms with van der Waals surface area (Å²) in [4.78, 5) is 41.5. The van der Waals surface area contributed by atoms with E-state index >= 15 is 0 Å². The Kier molecular flexibility index (Phi) is 11.0. The van der Waals surface area contributed by atoms with E-state index in [1.54, 1.807) is 0 Å². The van der Waals surface area contributed by atoms with Crippen LogP contribution in [0.5, 0.6) is 0 Å². The average Bonchev–Trinajstić information content (AvgIpc) is 3.44. The number of H-pyrrole nitrogens is 1. The molecular formula is C37H44N4O7. The Morgan fingerprint density at radius 3 is 2.44 bits per heavy atom. The molecule has 2 saturated heterocycles. The van der Waals surface area contributed by atoms with Crippen molar-refractivity contribution in [3.8, 4) is 0 Å². The SMILES string of the molecule is O=C(O)CCCCCC(=O)Nc1cccc(C2OC(CN3CCC(n4c(=O)[nH]c5ccccc54)CC3)CC(c3ccc(CO)cc3)O2)c1. The summed E-state index contributed by atoms with van der Waals surface area (Å²) in [6.45, 7) is 2.38. The molecule has 2 fully saturated rings. The lowest BCUT2D eigenvalue weighted by Crippen LogP contribution is -2.43. The molecule has 3 aromatic carbocycles. The van der Waals surface area contributed by atoms with E-state index < -0.39 is 12.3 Å². The van der Waals surface area contributed by atoms with Crippen molar-refractivity contribution in [2.24, 2.45) is 0 Å². The number of hydrogen-bond donors (Lipinski definition) is 4. The number of fused-ring (bicyclic) bond motifs is 1. The molecule has 0 aliphatic carbocycles. The molecule has 4 aromatic rings. The van der Waals surface area contributed by atoms with Gasteiger partial charge in [-0.25, -0.2) is 4.79 Å². The monoisotopic (exact) mass is 656 g/mol. The highest BCUT2D eigenvalue weighted by Crippen LogP contribution is 2.39. The number of para-hydroxylation sites is 2. The van der Waals surface area contributed by atoms with Gasteiger partial charge in [0.15, 0.2) is 6.29 Å². The van der Waals surface area contributed by atoms with E-state index in [2.05, 4.69) is 15.2 Å². The van der Waals surface area contributed by atoms with Crippen molar-refractivity contribution in [1.82, 2.24) is 14.5 Å². The first kappa shape index (κ1) is 33.6. The Hall–Kier alpha value is -4.29. The van der Waals surface area contributed by atoms with Crippen LogP contribution in [0, 0.1) is 0 Å². The second-order valence-corrected chi connectivity index (χ2v) is 12.8. The van der Waals surface area contributed by atoms with Crippen LogP contribution < -0.4 is 11.0 Å². The number of anilines is 1. The molecule has 1 amide bonds. The molecule has 4 N–H and O–H groups in total. The third kappa shape index (κ3) is 8.40. The average molecular weight is 657 g/mol. The Balaban J connectivity index is 1.11. The number of amides is 1. The number of piperidine rings is 1. The van der Waals surface area contributed by atoms with Crippen LogP contribution in [0.1, 0.15) is 86.5 Å². The van der Waals surface area contributed by atoms with Gasteiger partial charge in [0, 0.05) is 56.2 Å². The zero-order valence-electron chi connectivity index (χ0n) is 27.1. The number of aromatic amines is 1. The number of carbonyl (C=O) groups is 2. The first-order valence-corrected chi connectivity index (χ1v) is 16.9. The summed E-state index contributed by atoms with van der Waals surface area (Å²) in [5.74, 6) is -0.940. The molecule has 0 bridgehead atoms. The number of likely N-dealkylation sites (tertiary alicyclic amines) is 1. The second-order valence-electron chi connectivity index (χ2n) is 12.8. The number of rotatable bonds is 13. The van der Waals surface area contributed by atoms with Gasteiger partial charge in [-0.2, -0.15) is 0 Å². The molecular weight excluding hydrogens is 612 g/mol. The van der Waals surface area contributed by atoms with E-state index in [9.17, 15) is 19.5 Å². The summed E-state index contributed by atoms with van der Waals surface area (Å²) >= 11 is 0. The zero-order valence-corrected chi connectivity index (χ0v) is 27.1. The van der Waals surface area contributed by atoms with Crippen LogP contribution >= 0.6 is 0 Å². The molecule has 11 nitrogen and oxygen atoms in total. The lowest BCUT2D eigenvalue weighted by Gasteiger charge is -2.40. The van der Waals surface area contributed by atoms with Crippen molar-refractivity contribution in [3.05, 3.63) is 100.0 Å². The summed E-state index contributed by atoms with van der Waals surface area (Å²) < 4.78 is 15.0. The number of ether oxygens (including phenoxy) is 2. The Morgan fingerprint density at radius 2 is 1.67 bits per heavy atom. The number of imidazole rings is 1. The van der Waals surface area contributed by atoms with E-state index in [4.69, 9.17) is 14.6 Å². The number of aliphatic carboxylic acids is 1. The third-order valence-corrected chi connectivity index (χ3v) is 9.36. The summed E-state index contributed by atoms with van der Waals surface area (Å²) in [7, 11) is 0. The van der Waals surface area contributed by atoms with Gasteiger partial charge in [-0.15, -0.1) is 0 Å². The van der Waals surface area contributed by atoms with E-state index in [0.29, 0.717) is 37.8 Å². The van der Waals surface area contributed by atoms with Crippen LogP contribution in [0.15, 0.2) is 77.6 Å². The number of unbranched alkanes of at least 4 members (excludes halogenated alkanes) is 2. The molecule has 11 heteroatoms. The van der Waals surface area contributed by atoms with Gasteiger partial charge in [0.1, 0.15) is 0 Å². The maximum absolute atomic E-state index is 12.8. The largest absolute Gasteiger partial charge is 0.481 e. The van der Waals surface area contributed by atoms with E-state index in [-0.39, 0.29) is 42.9 Å². The minimum absolute atomic E-state index is 0.0262. The van der Waals surface area contributed by atoms with Crippen molar-refractivity contribution in [2.75, 3.05) is 25.0 Å². The molecule has 2 aliphatic heterocycles. The fraction of sp³-hybridized carbons (Fsp3) is 0.432. The van der Waals surface area contributed by atoms with Crippen LogP contribution in [0.25, 0.3) is 11.0 Å². The fourth-order valence-corrected chi connectivity index (χ4v) is 6.84. The zero-order chi connectivity index (χ0) is 33.5. The number of benzene rings is 3. The van der Waals surface area contributed by atoms with Crippen LogP contribution in [-0.2, 0) is 25.7 Å². The molecule has 6 rings (SSSR count). The minimum atomic E-state index is -0.820. The van der Waals surface area contributed by atoms with Crippen LogP contribution in [0.3, 0.4) is 0 Å². The van der Waals surface area contributed by atoms with Gasteiger partial charge in [-0.05, 0) is 61.1 Å². The highest BCUT2D eigenvalue weighted by molar-refractivity contribution is 5.90. The quantitative estimate of drug-likeness (QED) is 0.135. The van der Waals surface area contributed by atoms with Crippen molar-refractivity contribution < 1.29 is 29.3 Å². The molecule has 0 radical (unpaired) electrons. The highest BCUT2D eigenvalue weighted by atomic mass is 16.7. The molecule has 48 heavy (non-hydrogen) atoms. The molecule has 0 spiro atoms. The van der Waals surface area contributed by atoms with E-state index in [1.165, 1.54) is 0 Å². The number of aliphatic hydroxyl groups is 1. The Morgan fingerprint density at radius 1 is 0.896 bits per heavy atom. The molecule has 254 valence electrons. The number of aliphatic hydroxyl groups excluding tert-OH is 1. The normalized spacial score (nSPS) is 20.6. The summed E-state index contributed by atoms with van der Waals surface area (Å²) in [6, 6.07) is 23.3. The lowest BCUT2D eigenvalue weighted by atomic mass is 9.98. The Bertz CT molecular complexity index is 1740. The lowest BCUT2D eigenvalue weighted by molar-refractivity contribution is -0.253. The third-order valence-electron chi connectivity index (χ3n) is 9.36. The molecule has 3 atom stereocenters. The predicted octanol–water partition coefficient (Wildman–Crippen LogP) is 5.68. The van der Waals surface area contributed by atoms with Gasteiger partial charge in [0.05, 0.1) is 29.8 Å². The number of carboxylic acids is 1. The van der Waals surface area contributed by atoms with Crippen LogP contribution in [0.4, 0.5) is 5.69 Å². The van der Waals surface area contributed by atoms with Gasteiger partial charge < -0.3 is 34.9 Å². The maximum Gasteiger partial charge on any atom is 0.326 e. The molecule has 2 aliphatic rings. The van der Waals surface area contributed by atoms with Crippen molar-refractivity contribution >= 4 is 28.6 Å². The van der Waals surface area contributed by atoms with Crippen LogP contribution in [-0.4, -0.2) is 62.3 Å².